The first-order valence-electron chi connectivity index (χ1n) is 11.1. The second-order valence-corrected chi connectivity index (χ2v) is 8.55. The van der Waals surface area contributed by atoms with Gasteiger partial charge in [-0.15, -0.1) is 13.2 Å². The van der Waals surface area contributed by atoms with Crippen LogP contribution in [0.25, 0.3) is 5.69 Å². The van der Waals surface area contributed by atoms with Gasteiger partial charge in [-0.2, -0.15) is 0 Å². The molecule has 34 heavy (non-hydrogen) atoms. The van der Waals surface area contributed by atoms with Crippen LogP contribution >= 0.6 is 0 Å². The molecule has 0 amide bonds. The highest BCUT2D eigenvalue weighted by atomic mass is 19.4. The fourth-order valence-corrected chi connectivity index (χ4v) is 4.13. The standard InChI is InChI=1S/C22H24F3N7O2/c23-22(24,25)34-18-2-1-9-32(20(18)33)16-7-8-19(26-11-16)28-14-5-6-15(10-14)29-21-27-12-17(30-31-21)13-3-4-13/h1-2,7-9,11-15,30H,3-6,10H2,(H,26,28)(H2,27,29,31)/t14-,15-/m0/s1. The zero-order valence-corrected chi connectivity index (χ0v) is 18.1. The molecular weight excluding hydrogens is 451 g/mol. The van der Waals surface area contributed by atoms with Crippen LogP contribution in [-0.4, -0.2) is 34.0 Å². The van der Waals surface area contributed by atoms with Gasteiger partial charge in [0.2, 0.25) is 5.96 Å². The lowest BCUT2D eigenvalue weighted by atomic mass is 10.2. The average molecular weight is 475 g/mol. The number of aliphatic imine (C=N–C) groups is 1. The first-order chi connectivity index (χ1) is 16.3. The van der Waals surface area contributed by atoms with Gasteiger partial charge in [0.25, 0.3) is 5.56 Å². The third-order valence-electron chi connectivity index (χ3n) is 5.94. The molecule has 2 aliphatic carbocycles. The third kappa shape index (κ3) is 5.26. The van der Waals surface area contributed by atoms with E-state index in [0.717, 1.165) is 29.9 Å². The number of hydrogen-bond acceptors (Lipinski definition) is 6. The number of rotatable bonds is 6. The van der Waals surface area contributed by atoms with Crippen LogP contribution in [0.2, 0.25) is 0 Å². The minimum absolute atomic E-state index is 0.166. The van der Waals surface area contributed by atoms with Crippen LogP contribution in [0.3, 0.4) is 0 Å². The predicted molar refractivity (Wildman–Crippen MR) is 119 cm³/mol. The summed E-state index contributed by atoms with van der Waals surface area (Å²) in [6.45, 7) is 0. The van der Waals surface area contributed by atoms with Crippen molar-refractivity contribution in [1.29, 1.82) is 0 Å². The van der Waals surface area contributed by atoms with Gasteiger partial charge in [0.15, 0.2) is 5.75 Å². The van der Waals surface area contributed by atoms with Crippen molar-refractivity contribution in [2.75, 3.05) is 5.32 Å². The normalized spacial score (nSPS) is 23.5. The molecule has 0 bridgehead atoms. The number of halogens is 3. The molecule has 12 heteroatoms. The molecule has 2 aromatic heterocycles. The number of aromatic nitrogens is 2. The number of anilines is 1. The fraction of sp³-hybridized carbons (Fsp3) is 0.409. The van der Waals surface area contributed by atoms with E-state index in [9.17, 15) is 18.0 Å². The van der Waals surface area contributed by atoms with Crippen LogP contribution in [0.5, 0.6) is 5.75 Å². The summed E-state index contributed by atoms with van der Waals surface area (Å²) in [5.41, 5.74) is 6.89. The minimum atomic E-state index is -4.94. The lowest BCUT2D eigenvalue weighted by molar-refractivity contribution is -0.275. The van der Waals surface area contributed by atoms with Gasteiger partial charge in [0.1, 0.15) is 5.82 Å². The summed E-state index contributed by atoms with van der Waals surface area (Å²) in [5.74, 6) is 1.15. The SMILES string of the molecule is O=c1c(OC(F)(F)F)cccn1-c1ccc(N[C@H]2CC[C@H](N=C3NC=C(C4CC4)NN3)C2)nc1. The van der Waals surface area contributed by atoms with Gasteiger partial charge in [-0.05, 0) is 56.4 Å². The molecule has 3 aliphatic rings. The Kier molecular flexibility index (Phi) is 5.80. The third-order valence-corrected chi connectivity index (χ3v) is 5.94. The Balaban J connectivity index is 1.18. The highest BCUT2D eigenvalue weighted by molar-refractivity contribution is 5.81. The summed E-state index contributed by atoms with van der Waals surface area (Å²) in [6.07, 6.45) is 4.96. The second kappa shape index (κ2) is 8.92. The van der Waals surface area contributed by atoms with Gasteiger partial charge < -0.3 is 20.8 Å². The quantitative estimate of drug-likeness (QED) is 0.509. The number of ether oxygens (including phenoxy) is 1. The number of pyridine rings is 2. The Bertz CT molecular complexity index is 1160. The van der Waals surface area contributed by atoms with Crippen molar-refractivity contribution in [2.24, 2.45) is 10.9 Å². The molecule has 0 radical (unpaired) electrons. The van der Waals surface area contributed by atoms with E-state index < -0.39 is 17.7 Å². The lowest BCUT2D eigenvalue weighted by Crippen LogP contribution is -2.48. The van der Waals surface area contributed by atoms with Crippen molar-refractivity contribution >= 4 is 11.8 Å². The zero-order chi connectivity index (χ0) is 23.7. The Morgan fingerprint density at radius 1 is 1.15 bits per heavy atom. The number of guanidine groups is 1. The number of alkyl halides is 3. The van der Waals surface area contributed by atoms with E-state index in [-0.39, 0.29) is 12.1 Å². The second-order valence-electron chi connectivity index (χ2n) is 8.55. The summed E-state index contributed by atoms with van der Waals surface area (Å²) in [6, 6.07) is 5.95. The molecule has 3 heterocycles. The van der Waals surface area contributed by atoms with Gasteiger partial charge in [-0.3, -0.25) is 14.8 Å². The molecule has 0 unspecified atom stereocenters. The molecule has 4 N–H and O–H groups in total. The summed E-state index contributed by atoms with van der Waals surface area (Å²) < 4.78 is 42.3. The molecule has 9 nitrogen and oxygen atoms in total. The fourth-order valence-electron chi connectivity index (χ4n) is 4.13. The first-order valence-corrected chi connectivity index (χ1v) is 11.1. The molecule has 0 aromatic carbocycles. The maximum atomic E-state index is 12.5. The van der Waals surface area contributed by atoms with Crippen LogP contribution < -0.4 is 31.8 Å². The van der Waals surface area contributed by atoms with Gasteiger partial charge in [0.05, 0.1) is 23.6 Å². The van der Waals surface area contributed by atoms with E-state index in [1.165, 1.54) is 37.0 Å². The van der Waals surface area contributed by atoms with Crippen LogP contribution in [0.4, 0.5) is 19.0 Å². The molecule has 0 saturated heterocycles. The molecule has 2 fully saturated rings. The van der Waals surface area contributed by atoms with Crippen LogP contribution in [0.15, 0.2) is 58.3 Å². The summed E-state index contributed by atoms with van der Waals surface area (Å²) >= 11 is 0. The number of allylic oxidation sites excluding steroid dienone is 1. The van der Waals surface area contributed by atoms with Crippen molar-refractivity contribution in [3.05, 3.63) is 58.9 Å². The molecule has 2 saturated carbocycles. The predicted octanol–water partition coefficient (Wildman–Crippen LogP) is 2.77. The first kappa shape index (κ1) is 22.1. The summed E-state index contributed by atoms with van der Waals surface area (Å²) in [5, 5.41) is 6.57. The zero-order valence-electron chi connectivity index (χ0n) is 18.1. The number of hydrogen-bond donors (Lipinski definition) is 4. The lowest BCUT2D eigenvalue weighted by Gasteiger charge is -2.21. The topological polar surface area (TPSA) is 105 Å². The Hall–Kier alpha value is -3.70. The van der Waals surface area contributed by atoms with Gasteiger partial charge in [-0.25, -0.2) is 9.98 Å². The largest absolute Gasteiger partial charge is 0.573 e. The number of nitrogens with zero attached hydrogens (tertiary/aromatic N) is 3. The summed E-state index contributed by atoms with van der Waals surface area (Å²) in [7, 11) is 0. The van der Waals surface area contributed by atoms with Crippen LogP contribution in [-0.2, 0) is 0 Å². The minimum Gasteiger partial charge on any atom is -0.400 e. The van der Waals surface area contributed by atoms with E-state index in [4.69, 9.17) is 4.99 Å². The van der Waals surface area contributed by atoms with E-state index >= 15 is 0 Å². The van der Waals surface area contributed by atoms with Crippen LogP contribution in [0.1, 0.15) is 32.1 Å². The Morgan fingerprint density at radius 3 is 2.68 bits per heavy atom. The molecule has 2 atom stereocenters. The number of nitrogens with one attached hydrogen (secondary N) is 4. The van der Waals surface area contributed by atoms with E-state index in [2.05, 4.69) is 31.2 Å². The van der Waals surface area contributed by atoms with E-state index in [0.29, 0.717) is 23.4 Å². The molecule has 0 spiro atoms. The van der Waals surface area contributed by atoms with Crippen molar-refractivity contribution in [2.45, 2.75) is 50.6 Å². The Morgan fingerprint density at radius 2 is 2.00 bits per heavy atom. The van der Waals surface area contributed by atoms with Crippen molar-refractivity contribution in [3.8, 4) is 11.4 Å². The molecule has 2 aromatic rings. The average Bonchev–Trinajstić information content (AvgIpc) is 3.56. The molecule has 1 aliphatic heterocycles. The van der Waals surface area contributed by atoms with Gasteiger partial charge in [0, 0.05) is 24.4 Å². The maximum Gasteiger partial charge on any atom is 0.573 e. The van der Waals surface area contributed by atoms with Crippen molar-refractivity contribution in [3.63, 3.8) is 0 Å². The van der Waals surface area contributed by atoms with E-state index in [1.807, 2.05) is 6.20 Å². The van der Waals surface area contributed by atoms with E-state index in [1.54, 1.807) is 12.1 Å². The van der Waals surface area contributed by atoms with Crippen molar-refractivity contribution < 1.29 is 17.9 Å². The van der Waals surface area contributed by atoms with Gasteiger partial charge >= 0.3 is 6.36 Å². The highest BCUT2D eigenvalue weighted by Crippen LogP contribution is 2.34. The van der Waals surface area contributed by atoms with Crippen LogP contribution in [0, 0.1) is 5.92 Å². The smallest absolute Gasteiger partial charge is 0.400 e. The van der Waals surface area contributed by atoms with Gasteiger partial charge in [-0.1, -0.05) is 0 Å². The Labute approximate surface area is 193 Å². The monoisotopic (exact) mass is 475 g/mol. The molecule has 5 rings (SSSR count). The number of hydrazine groups is 1. The molecule has 180 valence electrons. The molecular formula is C22H24F3N7O2. The highest BCUT2D eigenvalue weighted by Gasteiger charge is 2.32. The maximum absolute atomic E-state index is 12.5. The summed E-state index contributed by atoms with van der Waals surface area (Å²) in [4.78, 5) is 21.4. The van der Waals surface area contributed by atoms with Crippen molar-refractivity contribution in [1.82, 2.24) is 25.7 Å².